The Hall–Kier alpha value is -1.99. The fourth-order valence-electron chi connectivity index (χ4n) is 0.960. The summed E-state index contributed by atoms with van der Waals surface area (Å²) in [5.41, 5.74) is -0.325. The highest BCUT2D eigenvalue weighted by molar-refractivity contribution is 5.93. The highest BCUT2D eigenvalue weighted by Gasteiger charge is 2.16. The van der Waals surface area contributed by atoms with Crippen LogP contribution >= 0.6 is 0 Å². The number of tetrazole rings is 1. The van der Waals surface area contributed by atoms with E-state index in [9.17, 15) is 9.59 Å². The summed E-state index contributed by atoms with van der Waals surface area (Å²) in [6.45, 7) is 5.44. The first-order valence-electron chi connectivity index (χ1n) is 4.71. The Balaban J connectivity index is 2.35. The summed E-state index contributed by atoms with van der Waals surface area (Å²) < 4.78 is 0. The van der Waals surface area contributed by atoms with Crippen LogP contribution in [0.25, 0.3) is 0 Å². The van der Waals surface area contributed by atoms with Crippen LogP contribution in [0.3, 0.4) is 0 Å². The first kappa shape index (κ1) is 12.1. The van der Waals surface area contributed by atoms with E-state index in [1.807, 2.05) is 20.8 Å². The number of hydrogen-bond acceptors (Lipinski definition) is 5. The molecule has 0 aliphatic heterocycles. The van der Waals surface area contributed by atoms with E-state index in [0.29, 0.717) is 0 Å². The molecule has 0 radical (unpaired) electrons. The maximum atomic E-state index is 11.3. The van der Waals surface area contributed by atoms with Crippen molar-refractivity contribution in [3.05, 3.63) is 5.82 Å². The van der Waals surface area contributed by atoms with Gasteiger partial charge in [-0.3, -0.25) is 9.59 Å². The van der Waals surface area contributed by atoms with E-state index in [2.05, 4.69) is 31.3 Å². The van der Waals surface area contributed by atoms with Crippen molar-refractivity contribution in [1.82, 2.24) is 31.3 Å². The molecule has 16 heavy (non-hydrogen) atoms. The second-order valence-electron chi connectivity index (χ2n) is 4.22. The van der Waals surface area contributed by atoms with Crippen molar-refractivity contribution in [3.63, 3.8) is 0 Å². The summed E-state index contributed by atoms with van der Waals surface area (Å²) in [5, 5.41) is 17.4. The zero-order chi connectivity index (χ0) is 12.2. The van der Waals surface area contributed by atoms with Crippen LogP contribution in [0, 0.1) is 0 Å². The Morgan fingerprint density at radius 3 is 2.56 bits per heavy atom. The minimum atomic E-state index is -0.544. The first-order chi connectivity index (χ1) is 7.38. The van der Waals surface area contributed by atoms with E-state index in [0.717, 1.165) is 0 Å². The van der Waals surface area contributed by atoms with Gasteiger partial charge in [-0.05, 0) is 26.0 Å². The van der Waals surface area contributed by atoms with Gasteiger partial charge < -0.3 is 10.6 Å². The molecule has 0 aromatic carbocycles. The molecule has 0 saturated heterocycles. The van der Waals surface area contributed by atoms with Crippen LogP contribution in [0.1, 0.15) is 31.4 Å². The molecule has 8 nitrogen and oxygen atoms in total. The van der Waals surface area contributed by atoms with Crippen molar-refractivity contribution in [2.75, 3.05) is 6.54 Å². The fourth-order valence-corrected chi connectivity index (χ4v) is 0.960. The standard InChI is InChI=1S/C8H14N6O2/c1-8(2,3)10-5(15)4-9-7(16)6-11-13-14-12-6/h4H2,1-3H3,(H,9,16)(H,10,15)(H,11,12,13,14). The lowest BCUT2D eigenvalue weighted by atomic mass is 10.1. The molecule has 88 valence electrons. The van der Waals surface area contributed by atoms with Crippen molar-refractivity contribution < 1.29 is 9.59 Å². The summed E-state index contributed by atoms with van der Waals surface area (Å²) in [7, 11) is 0. The van der Waals surface area contributed by atoms with Crippen molar-refractivity contribution in [2.45, 2.75) is 26.3 Å². The predicted molar refractivity (Wildman–Crippen MR) is 54.4 cm³/mol. The van der Waals surface area contributed by atoms with Gasteiger partial charge in [0.05, 0.1) is 6.54 Å². The van der Waals surface area contributed by atoms with Crippen LogP contribution in [0.15, 0.2) is 0 Å². The van der Waals surface area contributed by atoms with Crippen LogP contribution in [0.5, 0.6) is 0 Å². The maximum Gasteiger partial charge on any atom is 0.293 e. The van der Waals surface area contributed by atoms with E-state index >= 15 is 0 Å². The van der Waals surface area contributed by atoms with Gasteiger partial charge in [-0.1, -0.05) is 0 Å². The number of amides is 2. The molecule has 0 bridgehead atoms. The van der Waals surface area contributed by atoms with Gasteiger partial charge in [-0.2, -0.15) is 5.21 Å². The molecule has 0 saturated carbocycles. The normalized spacial score (nSPS) is 10.9. The quantitative estimate of drug-likeness (QED) is 0.602. The lowest BCUT2D eigenvalue weighted by molar-refractivity contribution is -0.121. The molecular weight excluding hydrogens is 212 g/mol. The smallest absolute Gasteiger partial charge is 0.293 e. The predicted octanol–water partition coefficient (Wildman–Crippen LogP) is -1.16. The number of nitrogens with zero attached hydrogens (tertiary/aromatic N) is 3. The van der Waals surface area contributed by atoms with E-state index in [4.69, 9.17) is 0 Å². The van der Waals surface area contributed by atoms with E-state index in [1.165, 1.54) is 0 Å². The minimum absolute atomic E-state index is 0.0939. The molecule has 0 fully saturated rings. The van der Waals surface area contributed by atoms with Crippen LogP contribution < -0.4 is 10.6 Å². The molecule has 3 N–H and O–H groups in total. The maximum absolute atomic E-state index is 11.3. The van der Waals surface area contributed by atoms with Crippen LogP contribution in [-0.2, 0) is 4.79 Å². The van der Waals surface area contributed by atoms with Crippen molar-refractivity contribution >= 4 is 11.8 Å². The number of rotatable bonds is 3. The van der Waals surface area contributed by atoms with Gasteiger partial charge in [0.2, 0.25) is 5.91 Å². The second kappa shape index (κ2) is 4.69. The summed E-state index contributed by atoms with van der Waals surface area (Å²) >= 11 is 0. The third-order valence-electron chi connectivity index (χ3n) is 1.47. The Kier molecular flexibility index (Phi) is 3.54. The number of nitrogens with one attached hydrogen (secondary N) is 3. The van der Waals surface area contributed by atoms with Gasteiger partial charge in [0.15, 0.2) is 0 Å². The summed E-state index contributed by atoms with van der Waals surface area (Å²) in [5.74, 6) is -0.911. The molecule has 0 aliphatic rings. The fraction of sp³-hybridized carbons (Fsp3) is 0.625. The highest BCUT2D eigenvalue weighted by atomic mass is 16.2. The Bertz CT molecular complexity index is 366. The van der Waals surface area contributed by atoms with Crippen LogP contribution in [-0.4, -0.2) is 44.5 Å². The number of carbonyl (C=O) groups excluding carboxylic acids is 2. The molecule has 1 rings (SSSR count). The van der Waals surface area contributed by atoms with Crippen molar-refractivity contribution in [3.8, 4) is 0 Å². The Labute approximate surface area is 92.2 Å². The zero-order valence-corrected chi connectivity index (χ0v) is 9.37. The van der Waals surface area contributed by atoms with Crippen molar-refractivity contribution in [2.24, 2.45) is 0 Å². The summed E-state index contributed by atoms with van der Waals surface area (Å²) in [6.07, 6.45) is 0. The molecule has 0 atom stereocenters. The average Bonchev–Trinajstić information content (AvgIpc) is 2.64. The Morgan fingerprint density at radius 2 is 2.06 bits per heavy atom. The monoisotopic (exact) mass is 226 g/mol. The SMILES string of the molecule is CC(C)(C)NC(=O)CNC(=O)c1nn[nH]n1. The van der Waals surface area contributed by atoms with Gasteiger partial charge in [-0.25, -0.2) is 0 Å². The van der Waals surface area contributed by atoms with Crippen LogP contribution in [0.2, 0.25) is 0 Å². The lowest BCUT2D eigenvalue weighted by Gasteiger charge is -2.20. The summed E-state index contributed by atoms with van der Waals surface area (Å²) in [4.78, 5) is 22.6. The number of aromatic nitrogens is 4. The molecule has 1 aromatic heterocycles. The number of hydrogen-bond donors (Lipinski definition) is 3. The summed E-state index contributed by atoms with van der Waals surface area (Å²) in [6, 6.07) is 0. The zero-order valence-electron chi connectivity index (χ0n) is 9.37. The lowest BCUT2D eigenvalue weighted by Crippen LogP contribution is -2.45. The highest BCUT2D eigenvalue weighted by Crippen LogP contribution is 1.97. The van der Waals surface area contributed by atoms with E-state index in [-0.39, 0.29) is 23.8 Å². The molecule has 8 heteroatoms. The third kappa shape index (κ3) is 4.03. The van der Waals surface area contributed by atoms with Gasteiger partial charge in [0.25, 0.3) is 11.7 Å². The first-order valence-corrected chi connectivity index (χ1v) is 4.71. The molecule has 0 unspecified atom stereocenters. The second-order valence-corrected chi connectivity index (χ2v) is 4.22. The van der Waals surface area contributed by atoms with Gasteiger partial charge in [0.1, 0.15) is 0 Å². The molecule has 1 heterocycles. The molecular formula is C8H14N6O2. The third-order valence-corrected chi connectivity index (χ3v) is 1.47. The Morgan fingerprint density at radius 1 is 1.38 bits per heavy atom. The van der Waals surface area contributed by atoms with Crippen molar-refractivity contribution in [1.29, 1.82) is 0 Å². The average molecular weight is 226 g/mol. The molecule has 2 amide bonds. The molecule has 0 spiro atoms. The molecule has 0 aliphatic carbocycles. The van der Waals surface area contributed by atoms with Gasteiger partial charge >= 0.3 is 0 Å². The largest absolute Gasteiger partial charge is 0.350 e. The number of aromatic amines is 1. The van der Waals surface area contributed by atoms with E-state index in [1.54, 1.807) is 0 Å². The van der Waals surface area contributed by atoms with Gasteiger partial charge in [0, 0.05) is 5.54 Å². The van der Waals surface area contributed by atoms with E-state index < -0.39 is 5.91 Å². The molecule has 1 aromatic rings. The van der Waals surface area contributed by atoms with Gasteiger partial charge in [-0.15, -0.1) is 10.2 Å². The topological polar surface area (TPSA) is 113 Å². The minimum Gasteiger partial charge on any atom is -0.350 e. The number of H-pyrrole nitrogens is 1. The van der Waals surface area contributed by atoms with Crippen LogP contribution in [0.4, 0.5) is 0 Å². The number of carbonyl (C=O) groups is 2.